The quantitative estimate of drug-likeness (QED) is 0.491. The van der Waals surface area contributed by atoms with Gasteiger partial charge in [-0.2, -0.15) is 0 Å². The summed E-state index contributed by atoms with van der Waals surface area (Å²) in [6.07, 6.45) is 0. The van der Waals surface area contributed by atoms with Crippen molar-refractivity contribution in [2.75, 3.05) is 19.1 Å². The summed E-state index contributed by atoms with van der Waals surface area (Å²) in [6.45, 7) is 3.36. The molecule has 3 heterocycles. The highest BCUT2D eigenvalue weighted by Crippen LogP contribution is 2.48. The van der Waals surface area contributed by atoms with Gasteiger partial charge in [-0.05, 0) is 38.1 Å². The molecular weight excluding hydrogens is 484 g/mol. The van der Waals surface area contributed by atoms with Crippen LogP contribution in [0.3, 0.4) is 0 Å². The first-order chi connectivity index (χ1) is 15.3. The Balaban J connectivity index is 1.98. The summed E-state index contributed by atoms with van der Waals surface area (Å²) >= 11 is 3.42. The minimum Gasteiger partial charge on any atom is -0.503 e. The summed E-state index contributed by atoms with van der Waals surface area (Å²) in [5.41, 5.74) is 0.215. The summed E-state index contributed by atoms with van der Waals surface area (Å²) in [7, 11) is 2.91. The Morgan fingerprint density at radius 2 is 1.91 bits per heavy atom. The number of ketones is 1. The number of aliphatic hydroxyl groups is 1. The molecule has 1 aliphatic heterocycles. The van der Waals surface area contributed by atoms with Gasteiger partial charge in [0.05, 0.1) is 19.8 Å². The Kier molecular flexibility index (Phi) is 5.55. The molecule has 0 saturated carbocycles. The number of methoxy groups -OCH3 is 2. The first-order valence-corrected chi connectivity index (χ1v) is 10.3. The lowest BCUT2D eigenvalue weighted by atomic mass is 9.94. The second-order valence-electron chi connectivity index (χ2n) is 7.11. The number of furan rings is 1. The maximum absolute atomic E-state index is 13.4. The van der Waals surface area contributed by atoms with Gasteiger partial charge >= 0.3 is 0 Å². The molecule has 0 saturated heterocycles. The summed E-state index contributed by atoms with van der Waals surface area (Å²) in [5.74, 6) is -0.429. The highest BCUT2D eigenvalue weighted by Gasteiger charge is 2.48. The Hall–Kier alpha value is -3.53. The van der Waals surface area contributed by atoms with Crippen LogP contribution in [0.15, 0.2) is 55.1 Å². The average Bonchev–Trinajstić information content (AvgIpc) is 3.45. The van der Waals surface area contributed by atoms with Gasteiger partial charge < -0.3 is 23.5 Å². The summed E-state index contributed by atoms with van der Waals surface area (Å²) < 4.78 is 22.2. The van der Waals surface area contributed by atoms with Crippen LogP contribution in [0.2, 0.25) is 0 Å². The predicted octanol–water partition coefficient (Wildman–Crippen LogP) is 4.45. The van der Waals surface area contributed by atoms with Crippen molar-refractivity contribution in [2.24, 2.45) is 0 Å². The molecule has 0 aliphatic carbocycles. The predicted molar refractivity (Wildman–Crippen MR) is 116 cm³/mol. The number of carbonyl (C=O) groups is 2. The zero-order valence-corrected chi connectivity index (χ0v) is 19.2. The van der Waals surface area contributed by atoms with E-state index in [1.54, 1.807) is 32.0 Å². The molecule has 166 valence electrons. The van der Waals surface area contributed by atoms with Crippen molar-refractivity contribution in [3.8, 4) is 11.5 Å². The van der Waals surface area contributed by atoms with E-state index in [-0.39, 0.29) is 22.9 Å². The molecule has 4 rings (SSSR count). The Bertz CT molecular complexity index is 1260. The molecule has 0 fully saturated rings. The first-order valence-electron chi connectivity index (χ1n) is 9.49. The number of carbonyl (C=O) groups excluding carboxylic acids is 2. The number of Topliss-reactive ketones (excluding diaryl/α,β-unsaturated/α-hetero) is 1. The van der Waals surface area contributed by atoms with E-state index in [2.05, 4.69) is 21.1 Å². The van der Waals surface area contributed by atoms with Crippen molar-refractivity contribution >= 4 is 33.4 Å². The monoisotopic (exact) mass is 502 g/mol. The normalized spacial score (nSPS) is 16.1. The molecule has 1 unspecified atom stereocenters. The van der Waals surface area contributed by atoms with E-state index >= 15 is 0 Å². The molecule has 32 heavy (non-hydrogen) atoms. The van der Waals surface area contributed by atoms with Crippen LogP contribution >= 0.6 is 15.9 Å². The van der Waals surface area contributed by atoms with Crippen molar-refractivity contribution in [3.05, 3.63) is 69.0 Å². The Morgan fingerprint density at radius 3 is 2.47 bits per heavy atom. The fourth-order valence-corrected chi connectivity index (χ4v) is 4.14. The van der Waals surface area contributed by atoms with Gasteiger partial charge in [0.2, 0.25) is 5.78 Å². The third-order valence-electron chi connectivity index (χ3n) is 5.05. The maximum Gasteiger partial charge on any atom is 0.295 e. The fourth-order valence-electron chi connectivity index (χ4n) is 3.69. The molecule has 2 aromatic heterocycles. The zero-order valence-electron chi connectivity index (χ0n) is 17.6. The van der Waals surface area contributed by atoms with Crippen LogP contribution in [-0.4, -0.2) is 36.2 Å². The standard InChI is InChI=1S/C22H19BrN2O7/c1-10-5-6-14(31-10)19(26)17-18(13-8-12(23)9-15(29-3)21(13)30-4)25(22(28)20(17)27)16-7-11(2)32-24-16/h5-9,18,27H,1-4H3. The number of hydrogen-bond acceptors (Lipinski definition) is 8. The summed E-state index contributed by atoms with van der Waals surface area (Å²) in [4.78, 5) is 27.7. The number of halogens is 1. The van der Waals surface area contributed by atoms with E-state index in [4.69, 9.17) is 18.4 Å². The average molecular weight is 503 g/mol. The van der Waals surface area contributed by atoms with Crippen LogP contribution in [0.25, 0.3) is 0 Å². The number of aromatic nitrogens is 1. The number of hydrogen-bond donors (Lipinski definition) is 1. The summed E-state index contributed by atoms with van der Waals surface area (Å²) in [5, 5.41) is 14.7. The van der Waals surface area contributed by atoms with Crippen LogP contribution in [0.4, 0.5) is 5.82 Å². The van der Waals surface area contributed by atoms with E-state index in [0.29, 0.717) is 27.3 Å². The minimum absolute atomic E-state index is 0.0130. The molecule has 10 heteroatoms. The Morgan fingerprint density at radius 1 is 1.16 bits per heavy atom. The number of anilines is 1. The van der Waals surface area contributed by atoms with Gasteiger partial charge in [0.15, 0.2) is 28.8 Å². The van der Waals surface area contributed by atoms with Gasteiger partial charge in [-0.1, -0.05) is 21.1 Å². The lowest BCUT2D eigenvalue weighted by molar-refractivity contribution is -0.117. The SMILES string of the molecule is COc1cc(Br)cc(C2C(C(=O)c3ccc(C)o3)=C(O)C(=O)N2c2cc(C)on2)c1OC. The van der Waals surface area contributed by atoms with Gasteiger partial charge in [-0.15, -0.1) is 0 Å². The molecule has 1 atom stereocenters. The third kappa shape index (κ3) is 3.46. The van der Waals surface area contributed by atoms with Gasteiger partial charge in [-0.3, -0.25) is 14.5 Å². The van der Waals surface area contributed by atoms with Crippen molar-refractivity contribution in [3.63, 3.8) is 0 Å². The summed E-state index contributed by atoms with van der Waals surface area (Å²) in [6, 6.07) is 6.92. The molecule has 1 amide bonds. The third-order valence-corrected chi connectivity index (χ3v) is 5.50. The lowest BCUT2D eigenvalue weighted by Gasteiger charge is -2.26. The molecule has 0 bridgehead atoms. The lowest BCUT2D eigenvalue weighted by Crippen LogP contribution is -2.31. The number of aliphatic hydroxyl groups excluding tert-OH is 1. The largest absolute Gasteiger partial charge is 0.503 e. The van der Waals surface area contributed by atoms with Gasteiger partial charge in [-0.25, -0.2) is 0 Å². The number of ether oxygens (including phenoxy) is 2. The highest BCUT2D eigenvalue weighted by molar-refractivity contribution is 9.10. The van der Waals surface area contributed by atoms with E-state index < -0.39 is 23.5 Å². The minimum atomic E-state index is -1.09. The van der Waals surface area contributed by atoms with Crippen molar-refractivity contribution in [1.29, 1.82) is 0 Å². The number of amides is 1. The molecule has 1 N–H and O–H groups in total. The number of aryl methyl sites for hydroxylation is 2. The van der Waals surface area contributed by atoms with E-state index in [1.165, 1.54) is 31.3 Å². The highest BCUT2D eigenvalue weighted by atomic mass is 79.9. The van der Waals surface area contributed by atoms with E-state index in [9.17, 15) is 14.7 Å². The maximum atomic E-state index is 13.4. The molecule has 0 spiro atoms. The van der Waals surface area contributed by atoms with E-state index in [0.717, 1.165) is 0 Å². The van der Waals surface area contributed by atoms with Crippen molar-refractivity contribution < 1.29 is 33.1 Å². The van der Waals surface area contributed by atoms with Gasteiger partial charge in [0.25, 0.3) is 5.91 Å². The smallest absolute Gasteiger partial charge is 0.295 e. The Labute approximate surface area is 191 Å². The topological polar surface area (TPSA) is 115 Å². The molecule has 1 aromatic carbocycles. The van der Waals surface area contributed by atoms with Crippen LogP contribution in [0, 0.1) is 13.8 Å². The number of benzene rings is 1. The van der Waals surface area contributed by atoms with Crippen LogP contribution in [0.5, 0.6) is 11.5 Å². The second-order valence-corrected chi connectivity index (χ2v) is 8.02. The van der Waals surface area contributed by atoms with Crippen LogP contribution in [-0.2, 0) is 4.79 Å². The van der Waals surface area contributed by atoms with Gasteiger partial charge in [0.1, 0.15) is 17.6 Å². The van der Waals surface area contributed by atoms with E-state index in [1.807, 2.05) is 0 Å². The molecular formula is C22H19BrN2O7. The number of nitrogens with zero attached hydrogens (tertiary/aromatic N) is 2. The zero-order chi connectivity index (χ0) is 23.2. The molecule has 1 aliphatic rings. The molecule has 3 aromatic rings. The molecule has 0 radical (unpaired) electrons. The van der Waals surface area contributed by atoms with Gasteiger partial charge in [0, 0.05) is 16.1 Å². The van der Waals surface area contributed by atoms with Crippen LogP contribution < -0.4 is 14.4 Å². The van der Waals surface area contributed by atoms with Crippen molar-refractivity contribution in [1.82, 2.24) is 5.16 Å². The van der Waals surface area contributed by atoms with Crippen molar-refractivity contribution in [2.45, 2.75) is 19.9 Å². The first kappa shape index (κ1) is 21.7. The second kappa shape index (κ2) is 8.19. The van der Waals surface area contributed by atoms with Crippen LogP contribution in [0.1, 0.15) is 33.7 Å². The molecule has 9 nitrogen and oxygen atoms in total. The number of rotatable bonds is 6. The fraction of sp³-hybridized carbons (Fsp3) is 0.227.